The highest BCUT2D eigenvalue weighted by atomic mass is 16.7. The van der Waals surface area contributed by atoms with Crippen molar-refractivity contribution in [3.63, 3.8) is 0 Å². The number of allylic oxidation sites excluding steroid dienone is 22. The minimum atomic E-state index is -1.53. The van der Waals surface area contributed by atoms with Gasteiger partial charge in [-0.15, -0.1) is 0 Å². The van der Waals surface area contributed by atoms with E-state index in [1.165, 1.54) is 212 Å². The van der Waals surface area contributed by atoms with Crippen LogP contribution in [0.15, 0.2) is 134 Å². The standard InChI is InChI=1S/C89H153NO8/c1-6-8-10-12-14-16-18-20-22-24-26-28-30-32-34-36-38-40-42-44-46-48-50-52-54-56-58-60-62-64-66-68-70-72-74-76-78-80-87(92)98-85(84-97-89(88(93)94)95-82-81-90(3,4)5)83-96-86(91)79-77-75-73-71-69-67-65-63-61-59-57-55-53-51-49-47-45-43-41-39-37-35-33-31-29-27-25-23-21-19-17-15-13-11-9-7-2/h8,10,14,16,20,22,26,28,32,34,38,40,44,46,50,52,56,58,62,64,68,70,85,89H,6-7,9,11-13,15,17-19,21,23-25,27,29-31,33,35-37,39,41-43,45,47-49,51,53-55,57,59-61,63,65-67,69,71-84H2,1-5H3/p+1/b10-8-,16-14-,22-20-,28-26-,34-32-,40-38-,46-44-,52-50-,58-56-,64-62-,70-68-. The number of hydrogen-bond acceptors (Lipinski definition) is 7. The Morgan fingerprint density at radius 2 is 0.582 bits per heavy atom. The van der Waals surface area contributed by atoms with Crippen molar-refractivity contribution in [3.8, 4) is 0 Å². The van der Waals surface area contributed by atoms with E-state index < -0.39 is 24.3 Å². The van der Waals surface area contributed by atoms with Crippen LogP contribution >= 0.6 is 0 Å². The molecule has 2 atom stereocenters. The second-order valence-corrected chi connectivity index (χ2v) is 28.4. The maximum Gasteiger partial charge on any atom is 0.361 e. The van der Waals surface area contributed by atoms with Gasteiger partial charge in [-0.2, -0.15) is 0 Å². The van der Waals surface area contributed by atoms with Crippen LogP contribution < -0.4 is 0 Å². The Hall–Kier alpha value is -4.57. The van der Waals surface area contributed by atoms with Gasteiger partial charge in [0, 0.05) is 12.8 Å². The molecule has 2 unspecified atom stereocenters. The molecular weight excluding hydrogens is 1210 g/mol. The van der Waals surface area contributed by atoms with E-state index in [-0.39, 0.29) is 32.2 Å². The lowest BCUT2D eigenvalue weighted by Gasteiger charge is -2.25. The maximum atomic E-state index is 13.0. The number of nitrogens with zero attached hydrogens (tertiary/aromatic N) is 1. The Labute approximate surface area is 605 Å². The predicted octanol–water partition coefficient (Wildman–Crippen LogP) is 26.4. The molecule has 98 heavy (non-hydrogen) atoms. The number of carbonyl (C=O) groups excluding carboxylic acids is 2. The maximum absolute atomic E-state index is 13.0. The Morgan fingerprint density at radius 1 is 0.316 bits per heavy atom. The molecule has 0 saturated heterocycles. The molecule has 0 amide bonds. The first-order valence-electron chi connectivity index (χ1n) is 40.8. The van der Waals surface area contributed by atoms with E-state index in [2.05, 4.69) is 148 Å². The fraction of sp³-hybridized carbons (Fsp3) is 0.719. The van der Waals surface area contributed by atoms with Crippen LogP contribution in [-0.2, 0) is 33.3 Å². The number of ether oxygens (including phenoxy) is 4. The number of hydrogen-bond donors (Lipinski definition) is 1. The van der Waals surface area contributed by atoms with Gasteiger partial charge in [-0.25, -0.2) is 4.79 Å². The molecular formula is C89H154NO8+. The predicted molar refractivity (Wildman–Crippen MR) is 424 cm³/mol. The van der Waals surface area contributed by atoms with Crippen LogP contribution in [0.4, 0.5) is 0 Å². The van der Waals surface area contributed by atoms with Gasteiger partial charge < -0.3 is 28.5 Å². The molecule has 0 aliphatic rings. The van der Waals surface area contributed by atoms with Crippen LogP contribution in [0.3, 0.4) is 0 Å². The van der Waals surface area contributed by atoms with Gasteiger partial charge in [0.15, 0.2) is 6.10 Å². The number of carboxylic acids is 1. The topological polar surface area (TPSA) is 108 Å². The van der Waals surface area contributed by atoms with Gasteiger partial charge in [0.05, 0.1) is 34.4 Å². The van der Waals surface area contributed by atoms with E-state index in [9.17, 15) is 19.5 Å². The second-order valence-electron chi connectivity index (χ2n) is 28.4. The molecule has 0 aromatic rings. The number of carbonyl (C=O) groups is 3. The van der Waals surface area contributed by atoms with Crippen LogP contribution in [0, 0.1) is 0 Å². The second kappa shape index (κ2) is 78.2. The lowest BCUT2D eigenvalue weighted by molar-refractivity contribution is -0.870. The number of carboxylic acid groups (broad SMARTS) is 1. The largest absolute Gasteiger partial charge is 0.477 e. The third-order valence-electron chi connectivity index (χ3n) is 17.7. The van der Waals surface area contributed by atoms with Crippen molar-refractivity contribution in [1.29, 1.82) is 0 Å². The Kier molecular flexibility index (Phi) is 74.5. The minimum Gasteiger partial charge on any atom is -0.477 e. The van der Waals surface area contributed by atoms with Crippen molar-refractivity contribution < 1.29 is 42.9 Å². The molecule has 0 spiro atoms. The highest BCUT2D eigenvalue weighted by Gasteiger charge is 2.25. The molecule has 9 nitrogen and oxygen atoms in total. The average molecular weight is 1370 g/mol. The quantitative estimate of drug-likeness (QED) is 0.0211. The molecule has 0 fully saturated rings. The van der Waals surface area contributed by atoms with Crippen molar-refractivity contribution in [3.05, 3.63) is 134 Å². The van der Waals surface area contributed by atoms with E-state index in [0.29, 0.717) is 23.9 Å². The molecule has 0 aromatic heterocycles. The molecule has 0 radical (unpaired) electrons. The first-order chi connectivity index (χ1) is 48.1. The van der Waals surface area contributed by atoms with E-state index >= 15 is 0 Å². The lowest BCUT2D eigenvalue weighted by atomic mass is 10.0. The van der Waals surface area contributed by atoms with Crippen molar-refractivity contribution in [2.75, 3.05) is 47.5 Å². The summed E-state index contributed by atoms with van der Waals surface area (Å²) in [4.78, 5) is 37.7. The van der Waals surface area contributed by atoms with Gasteiger partial charge in [-0.1, -0.05) is 379 Å². The summed E-state index contributed by atoms with van der Waals surface area (Å²) in [6.07, 6.45) is 110. The van der Waals surface area contributed by atoms with E-state index in [1.807, 2.05) is 21.1 Å². The van der Waals surface area contributed by atoms with Crippen molar-refractivity contribution in [1.82, 2.24) is 0 Å². The van der Waals surface area contributed by atoms with Crippen LogP contribution in [0.25, 0.3) is 0 Å². The Morgan fingerprint density at radius 3 is 0.867 bits per heavy atom. The fourth-order valence-corrected chi connectivity index (χ4v) is 11.5. The van der Waals surface area contributed by atoms with Gasteiger partial charge in [0.1, 0.15) is 13.2 Å². The number of aliphatic carboxylic acids is 1. The monoisotopic (exact) mass is 1370 g/mol. The van der Waals surface area contributed by atoms with Gasteiger partial charge in [-0.3, -0.25) is 9.59 Å². The summed E-state index contributed by atoms with van der Waals surface area (Å²) in [5.41, 5.74) is 0. The average Bonchev–Trinajstić information content (AvgIpc) is 1.26. The van der Waals surface area contributed by atoms with Gasteiger partial charge >= 0.3 is 17.9 Å². The summed E-state index contributed by atoms with van der Waals surface area (Å²) in [6.45, 7) is 4.76. The zero-order valence-electron chi connectivity index (χ0n) is 64.4. The van der Waals surface area contributed by atoms with Gasteiger partial charge in [-0.05, 0) is 96.3 Å². The summed E-state index contributed by atoms with van der Waals surface area (Å²) in [7, 11) is 5.97. The Bertz CT molecular complexity index is 2080. The molecule has 0 aliphatic heterocycles. The summed E-state index contributed by atoms with van der Waals surface area (Å²) in [5, 5.41) is 9.77. The molecule has 0 aliphatic carbocycles. The third-order valence-corrected chi connectivity index (χ3v) is 17.7. The lowest BCUT2D eigenvalue weighted by Crippen LogP contribution is -2.40. The van der Waals surface area contributed by atoms with Crippen molar-refractivity contribution in [2.45, 2.75) is 367 Å². The number of quaternary nitrogens is 1. The highest BCUT2D eigenvalue weighted by Crippen LogP contribution is 2.19. The Balaban J connectivity index is 4.11. The summed E-state index contributed by atoms with van der Waals surface area (Å²) < 4.78 is 23.0. The van der Waals surface area contributed by atoms with Crippen LogP contribution in [0.1, 0.15) is 354 Å². The van der Waals surface area contributed by atoms with Gasteiger partial charge in [0.2, 0.25) is 0 Å². The van der Waals surface area contributed by atoms with Gasteiger partial charge in [0.25, 0.3) is 6.29 Å². The number of rotatable bonds is 75. The minimum absolute atomic E-state index is 0.176. The zero-order chi connectivity index (χ0) is 71.1. The fourth-order valence-electron chi connectivity index (χ4n) is 11.5. The number of esters is 2. The smallest absolute Gasteiger partial charge is 0.361 e. The molecule has 0 bridgehead atoms. The first kappa shape index (κ1) is 93.4. The molecule has 0 saturated carbocycles. The van der Waals surface area contributed by atoms with Crippen molar-refractivity contribution in [2.24, 2.45) is 0 Å². The molecule has 9 heteroatoms. The van der Waals surface area contributed by atoms with Crippen LogP contribution in [-0.4, -0.2) is 87.4 Å². The van der Waals surface area contributed by atoms with Crippen molar-refractivity contribution >= 4 is 17.9 Å². The number of unbranched alkanes of at least 4 members (excludes halogenated alkanes) is 38. The molecule has 0 aromatic carbocycles. The molecule has 562 valence electrons. The molecule has 0 rings (SSSR count). The summed E-state index contributed by atoms with van der Waals surface area (Å²) >= 11 is 0. The zero-order valence-corrected chi connectivity index (χ0v) is 64.4. The molecule has 1 N–H and O–H groups in total. The van der Waals surface area contributed by atoms with Crippen LogP contribution in [0.5, 0.6) is 0 Å². The summed E-state index contributed by atoms with van der Waals surface area (Å²) in [5.74, 6) is -2.05. The normalized spacial score (nSPS) is 13.4. The molecule has 0 heterocycles. The van der Waals surface area contributed by atoms with E-state index in [1.54, 1.807) is 0 Å². The van der Waals surface area contributed by atoms with Crippen LogP contribution in [0.2, 0.25) is 0 Å². The van der Waals surface area contributed by atoms with E-state index in [4.69, 9.17) is 18.9 Å². The summed E-state index contributed by atoms with van der Waals surface area (Å²) in [6, 6.07) is 0. The SMILES string of the molecule is CC/C=C\C/C=C\C/C=C\C/C=C\C/C=C\C/C=C\C/C=C\C/C=C\C/C=C\C/C=C\C/C=C\CCCCCC(=O)OC(COC(=O)CCCCCCCCCCCCCCCCCCCCCCCCCCCCCCCCCCCCCC)COC(OCC[N+](C)(C)C)C(=O)O. The third kappa shape index (κ3) is 78.8. The first-order valence-corrected chi connectivity index (χ1v) is 40.8. The number of likely N-dealkylation sites (N-methyl/N-ethyl adjacent to an activating group) is 1. The van der Waals surface area contributed by atoms with E-state index in [0.717, 1.165) is 109 Å². The highest BCUT2D eigenvalue weighted by molar-refractivity contribution is 5.71.